The fraction of sp³-hybridized carbons (Fsp3) is 0.441. The molecular formula is C34H34F6N2O5S2. The van der Waals surface area contributed by atoms with Gasteiger partial charge in [0.25, 0.3) is 0 Å². The Hall–Kier alpha value is -3.69. The number of rotatable bonds is 4. The topological polar surface area (TPSA) is 84.9 Å². The average Bonchev–Trinajstić information content (AvgIpc) is 3.66. The van der Waals surface area contributed by atoms with E-state index < -0.39 is 35.4 Å². The minimum atomic E-state index is -4.49. The van der Waals surface area contributed by atoms with Crippen LogP contribution in [0.2, 0.25) is 0 Å². The summed E-state index contributed by atoms with van der Waals surface area (Å²) in [7, 11) is 2.48. The van der Waals surface area contributed by atoms with Crippen LogP contribution in [0.3, 0.4) is 0 Å². The molecule has 0 saturated carbocycles. The molecule has 0 bridgehead atoms. The van der Waals surface area contributed by atoms with E-state index in [2.05, 4.69) is 5.32 Å². The van der Waals surface area contributed by atoms with Crippen molar-refractivity contribution in [3.05, 3.63) is 68.4 Å². The average molecular weight is 729 g/mol. The lowest BCUT2D eigenvalue weighted by Crippen LogP contribution is -2.36. The highest BCUT2D eigenvalue weighted by Gasteiger charge is 2.38. The van der Waals surface area contributed by atoms with Crippen molar-refractivity contribution in [1.29, 1.82) is 0 Å². The van der Waals surface area contributed by atoms with Gasteiger partial charge in [-0.15, -0.1) is 22.7 Å². The number of piperidine rings is 2. The van der Waals surface area contributed by atoms with Gasteiger partial charge in [-0.1, -0.05) is 24.3 Å². The third-order valence-corrected chi connectivity index (χ3v) is 11.4. The van der Waals surface area contributed by atoms with Crippen molar-refractivity contribution >= 4 is 60.7 Å². The van der Waals surface area contributed by atoms with Crippen LogP contribution in [-0.4, -0.2) is 63.1 Å². The normalized spacial score (nSPS) is 16.4. The van der Waals surface area contributed by atoms with Gasteiger partial charge in [-0.3, -0.25) is 4.79 Å². The Bertz CT molecular complexity index is 1850. The SMILES string of the molecule is COC(=O)c1sc2c(C(F)(F)F)cccc2c1C1CCN(C(C)=O)CC1.COC(=O)c1sc2c(C(F)(F)F)cccc2c1C1CCNCC1. The lowest BCUT2D eigenvalue weighted by molar-refractivity contribution is -0.137. The van der Waals surface area contributed by atoms with Crippen molar-refractivity contribution in [3.63, 3.8) is 0 Å². The van der Waals surface area contributed by atoms with Crippen molar-refractivity contribution in [2.45, 2.75) is 56.8 Å². The number of fused-ring (bicyclic) bond motifs is 2. The number of hydrogen-bond donors (Lipinski definition) is 1. The molecule has 0 spiro atoms. The van der Waals surface area contributed by atoms with Gasteiger partial charge in [-0.2, -0.15) is 26.3 Å². The summed E-state index contributed by atoms with van der Waals surface area (Å²) >= 11 is 1.72. The molecule has 15 heteroatoms. The second-order valence-electron chi connectivity index (χ2n) is 11.8. The maximum Gasteiger partial charge on any atom is 0.417 e. The number of halogens is 6. The number of carbonyl (C=O) groups is 3. The van der Waals surface area contributed by atoms with Crippen LogP contribution in [0.25, 0.3) is 20.2 Å². The number of esters is 2. The highest BCUT2D eigenvalue weighted by atomic mass is 32.1. The molecule has 4 heterocycles. The van der Waals surface area contributed by atoms with Gasteiger partial charge >= 0.3 is 24.3 Å². The first kappa shape index (κ1) is 36.6. The summed E-state index contributed by atoms with van der Waals surface area (Å²) in [6.07, 6.45) is -6.13. The van der Waals surface area contributed by atoms with Gasteiger partial charge in [0.15, 0.2) is 0 Å². The third kappa shape index (κ3) is 7.58. The molecule has 6 rings (SSSR count). The maximum atomic E-state index is 13.4. The number of nitrogens with zero attached hydrogens (tertiary/aromatic N) is 1. The summed E-state index contributed by atoms with van der Waals surface area (Å²) in [6, 6.07) is 8.16. The molecule has 7 nitrogen and oxygen atoms in total. The molecule has 1 N–H and O–H groups in total. The second kappa shape index (κ2) is 14.7. The van der Waals surface area contributed by atoms with Crippen molar-refractivity contribution < 1.29 is 50.2 Å². The van der Waals surface area contributed by atoms with Gasteiger partial charge in [0.2, 0.25) is 5.91 Å². The number of nitrogens with one attached hydrogen (secondary N) is 1. The van der Waals surface area contributed by atoms with Crippen LogP contribution in [0.4, 0.5) is 26.3 Å². The van der Waals surface area contributed by atoms with Gasteiger partial charge in [0.05, 0.1) is 25.3 Å². The fourth-order valence-corrected chi connectivity index (χ4v) is 9.29. The predicted molar refractivity (Wildman–Crippen MR) is 175 cm³/mol. The summed E-state index contributed by atoms with van der Waals surface area (Å²) in [4.78, 5) is 38.1. The number of benzene rings is 2. The quantitative estimate of drug-likeness (QED) is 0.167. The zero-order valence-corrected chi connectivity index (χ0v) is 28.5. The van der Waals surface area contributed by atoms with E-state index in [0.717, 1.165) is 60.7 Å². The van der Waals surface area contributed by atoms with Gasteiger partial charge in [-0.05, 0) is 84.6 Å². The van der Waals surface area contributed by atoms with Crippen molar-refractivity contribution in [2.24, 2.45) is 0 Å². The minimum Gasteiger partial charge on any atom is -0.465 e. The summed E-state index contributed by atoms with van der Waals surface area (Å²) in [5.41, 5.74) is -0.0986. The molecule has 0 unspecified atom stereocenters. The fourth-order valence-electron chi connectivity index (χ4n) is 6.62. The lowest BCUT2D eigenvalue weighted by Gasteiger charge is -2.31. The summed E-state index contributed by atoms with van der Waals surface area (Å²) in [5, 5.41) is 4.21. The molecule has 2 aromatic heterocycles. The van der Waals surface area contributed by atoms with Gasteiger partial charge in [0, 0.05) is 29.4 Å². The molecule has 264 valence electrons. The Morgan fingerprint density at radius 1 is 0.714 bits per heavy atom. The van der Waals surface area contributed by atoms with Crippen LogP contribution in [0.15, 0.2) is 36.4 Å². The van der Waals surface area contributed by atoms with Crippen molar-refractivity contribution in [2.75, 3.05) is 40.4 Å². The molecule has 0 aliphatic carbocycles. The Kier molecular flexibility index (Phi) is 10.9. The van der Waals surface area contributed by atoms with E-state index in [1.807, 2.05) is 0 Å². The number of likely N-dealkylation sites (tertiary alicyclic amines) is 1. The number of carbonyl (C=O) groups excluding carboxylic acids is 3. The van der Waals surface area contributed by atoms with Crippen LogP contribution in [0.1, 0.15) is 86.0 Å². The molecule has 0 atom stereocenters. The van der Waals surface area contributed by atoms with Crippen LogP contribution in [0, 0.1) is 0 Å². The monoisotopic (exact) mass is 728 g/mol. The highest BCUT2D eigenvalue weighted by molar-refractivity contribution is 7.21. The highest BCUT2D eigenvalue weighted by Crippen LogP contribution is 2.47. The van der Waals surface area contributed by atoms with E-state index in [1.54, 1.807) is 17.0 Å². The van der Waals surface area contributed by atoms with Crippen molar-refractivity contribution in [3.8, 4) is 0 Å². The van der Waals surface area contributed by atoms with Crippen LogP contribution in [0.5, 0.6) is 0 Å². The molecule has 2 saturated heterocycles. The van der Waals surface area contributed by atoms with E-state index in [-0.39, 0.29) is 32.0 Å². The number of amides is 1. The maximum absolute atomic E-state index is 13.4. The number of ether oxygens (including phenoxy) is 2. The van der Waals surface area contributed by atoms with E-state index in [0.29, 0.717) is 52.7 Å². The molecule has 4 aromatic rings. The van der Waals surface area contributed by atoms with Crippen LogP contribution in [-0.2, 0) is 26.6 Å². The molecule has 1 amide bonds. The zero-order valence-electron chi connectivity index (χ0n) is 26.8. The molecule has 2 fully saturated rings. The summed E-state index contributed by atoms with van der Waals surface area (Å²) in [5.74, 6) is -1.22. The lowest BCUT2D eigenvalue weighted by atomic mass is 9.87. The molecule has 2 aliphatic rings. The minimum absolute atomic E-state index is 0.0221. The molecule has 0 radical (unpaired) electrons. The van der Waals surface area contributed by atoms with Crippen LogP contribution < -0.4 is 5.32 Å². The largest absolute Gasteiger partial charge is 0.465 e. The van der Waals surface area contributed by atoms with E-state index in [1.165, 1.54) is 33.3 Å². The predicted octanol–water partition coefficient (Wildman–Crippen LogP) is 8.61. The molecule has 2 aliphatic heterocycles. The smallest absolute Gasteiger partial charge is 0.417 e. The Morgan fingerprint density at radius 2 is 1.12 bits per heavy atom. The Balaban J connectivity index is 0.000000192. The first-order chi connectivity index (χ1) is 23.2. The first-order valence-corrected chi connectivity index (χ1v) is 17.2. The molecule has 2 aromatic carbocycles. The molecular weight excluding hydrogens is 695 g/mol. The first-order valence-electron chi connectivity index (χ1n) is 15.5. The summed E-state index contributed by atoms with van der Waals surface area (Å²) < 4.78 is 89.7. The zero-order chi connectivity index (χ0) is 35.7. The van der Waals surface area contributed by atoms with E-state index in [4.69, 9.17) is 9.47 Å². The van der Waals surface area contributed by atoms with Gasteiger partial charge in [-0.25, -0.2) is 9.59 Å². The van der Waals surface area contributed by atoms with Gasteiger partial charge < -0.3 is 19.7 Å². The Morgan fingerprint density at radius 3 is 1.49 bits per heavy atom. The Labute approximate surface area is 286 Å². The van der Waals surface area contributed by atoms with E-state index >= 15 is 0 Å². The molecule has 49 heavy (non-hydrogen) atoms. The van der Waals surface area contributed by atoms with E-state index in [9.17, 15) is 40.7 Å². The summed E-state index contributed by atoms with van der Waals surface area (Å²) in [6.45, 7) is 4.13. The number of thiophene rings is 2. The third-order valence-electron chi connectivity index (χ3n) is 8.96. The second-order valence-corrected chi connectivity index (χ2v) is 13.9. The number of methoxy groups -OCH3 is 2. The number of alkyl halides is 6. The number of hydrogen-bond acceptors (Lipinski definition) is 8. The standard InChI is InChI=1S/C18H18F3NO3S.C16H16F3NO2S/c1-10(23)22-8-6-11(7-9-22)14-12-4-3-5-13(18(19,20)21)15(12)26-16(14)17(24)25-2;1-22-15(21)14-12(9-5-7-20-8-6-9)10-3-2-4-11(13(10)23-14)16(17,18)19/h3-5,11H,6-9H2,1-2H3;2-4,9,20H,5-8H2,1H3. The van der Waals surface area contributed by atoms with Gasteiger partial charge in [0.1, 0.15) is 9.75 Å². The van der Waals surface area contributed by atoms with Crippen LogP contribution >= 0.6 is 22.7 Å². The van der Waals surface area contributed by atoms with Crippen molar-refractivity contribution in [1.82, 2.24) is 10.2 Å².